The molecule has 3 N–H and O–H groups in total. The number of aliphatic hydroxyl groups excluding tert-OH is 1. The number of carbonyl (C=O) groups excluding carboxylic acids is 1. The molecule has 1 unspecified atom stereocenters. The molecular formula is C12H20N2O4. The van der Waals surface area contributed by atoms with Crippen molar-refractivity contribution in [2.45, 2.75) is 50.2 Å². The third-order valence-electron chi connectivity index (χ3n) is 4.11. The van der Waals surface area contributed by atoms with Crippen LogP contribution in [0.15, 0.2) is 0 Å². The molecule has 2 aliphatic rings. The van der Waals surface area contributed by atoms with Crippen LogP contribution >= 0.6 is 0 Å². The highest BCUT2D eigenvalue weighted by Crippen LogP contribution is 2.43. The first-order chi connectivity index (χ1) is 8.56. The van der Waals surface area contributed by atoms with Crippen LogP contribution in [0, 0.1) is 0 Å². The number of aliphatic carboxylic acids is 1. The summed E-state index contributed by atoms with van der Waals surface area (Å²) in [6.45, 7) is 0.691. The van der Waals surface area contributed by atoms with Crippen molar-refractivity contribution < 1.29 is 19.8 Å². The lowest BCUT2D eigenvalue weighted by Gasteiger charge is -2.37. The van der Waals surface area contributed by atoms with Gasteiger partial charge in [0.25, 0.3) is 0 Å². The van der Waals surface area contributed by atoms with Crippen molar-refractivity contribution in [3.8, 4) is 0 Å². The van der Waals surface area contributed by atoms with Crippen LogP contribution in [-0.2, 0) is 4.79 Å². The summed E-state index contributed by atoms with van der Waals surface area (Å²) in [4.78, 5) is 24.2. The molecule has 2 rings (SSSR count). The maximum Gasteiger partial charge on any atom is 0.317 e. The Morgan fingerprint density at radius 2 is 2.00 bits per heavy atom. The zero-order valence-corrected chi connectivity index (χ0v) is 10.4. The van der Waals surface area contributed by atoms with Gasteiger partial charge >= 0.3 is 12.0 Å². The van der Waals surface area contributed by atoms with Crippen molar-refractivity contribution in [1.29, 1.82) is 0 Å². The number of nitrogens with zero attached hydrogens (tertiary/aromatic N) is 1. The second-order valence-corrected chi connectivity index (χ2v) is 5.14. The molecular weight excluding hydrogens is 236 g/mol. The van der Waals surface area contributed by atoms with Crippen LogP contribution in [0.2, 0.25) is 0 Å². The van der Waals surface area contributed by atoms with E-state index < -0.39 is 17.6 Å². The molecule has 0 aromatic carbocycles. The summed E-state index contributed by atoms with van der Waals surface area (Å²) < 4.78 is 0. The Morgan fingerprint density at radius 3 is 2.61 bits per heavy atom. The Morgan fingerprint density at radius 1 is 1.33 bits per heavy atom. The molecule has 1 heterocycles. The van der Waals surface area contributed by atoms with Crippen molar-refractivity contribution >= 4 is 12.0 Å². The Bertz CT molecular complexity index is 339. The lowest BCUT2D eigenvalue weighted by Crippen LogP contribution is -2.54. The van der Waals surface area contributed by atoms with Gasteiger partial charge in [0.05, 0.1) is 18.1 Å². The molecule has 2 amide bonds. The predicted molar refractivity (Wildman–Crippen MR) is 64.2 cm³/mol. The molecule has 2 fully saturated rings. The number of carbonyl (C=O) groups is 2. The zero-order chi connectivity index (χ0) is 13.2. The molecule has 1 saturated carbocycles. The molecule has 1 aliphatic heterocycles. The molecule has 6 heteroatoms. The number of aliphatic hydroxyl groups is 1. The lowest BCUT2D eigenvalue weighted by atomic mass is 9.91. The van der Waals surface area contributed by atoms with E-state index in [2.05, 4.69) is 5.32 Å². The number of amides is 2. The standard InChI is InChI=1S/C12H20N2O4/c15-9-4-8-14(12(9)5-1-2-6-12)11(18)13-7-3-10(16)17/h9,15H,1-8H2,(H,13,18)(H,16,17). The highest BCUT2D eigenvalue weighted by Gasteiger charge is 2.51. The first-order valence-electron chi connectivity index (χ1n) is 6.51. The summed E-state index contributed by atoms with van der Waals surface area (Å²) in [5.74, 6) is -0.924. The summed E-state index contributed by atoms with van der Waals surface area (Å²) in [5.41, 5.74) is -0.396. The fourth-order valence-corrected chi connectivity index (χ4v) is 3.19. The molecule has 1 atom stereocenters. The van der Waals surface area contributed by atoms with Crippen molar-refractivity contribution in [2.75, 3.05) is 13.1 Å². The number of carboxylic acids is 1. The highest BCUT2D eigenvalue weighted by molar-refractivity contribution is 5.76. The second-order valence-electron chi connectivity index (χ2n) is 5.14. The van der Waals surface area contributed by atoms with Crippen molar-refractivity contribution in [1.82, 2.24) is 10.2 Å². The van der Waals surface area contributed by atoms with Crippen LogP contribution in [0.25, 0.3) is 0 Å². The molecule has 1 spiro atoms. The number of hydrogen-bond acceptors (Lipinski definition) is 3. The molecule has 1 aliphatic carbocycles. The molecule has 0 bridgehead atoms. The van der Waals surface area contributed by atoms with Crippen LogP contribution in [0.1, 0.15) is 38.5 Å². The number of carboxylic acid groups (broad SMARTS) is 1. The van der Waals surface area contributed by atoms with Crippen molar-refractivity contribution in [3.05, 3.63) is 0 Å². The van der Waals surface area contributed by atoms with E-state index in [9.17, 15) is 14.7 Å². The highest BCUT2D eigenvalue weighted by atomic mass is 16.4. The minimum Gasteiger partial charge on any atom is -0.481 e. The first-order valence-corrected chi connectivity index (χ1v) is 6.51. The molecule has 6 nitrogen and oxygen atoms in total. The van der Waals surface area contributed by atoms with Gasteiger partial charge in [-0.3, -0.25) is 4.79 Å². The zero-order valence-electron chi connectivity index (χ0n) is 10.4. The average Bonchev–Trinajstić information content (AvgIpc) is 2.89. The van der Waals surface area contributed by atoms with Gasteiger partial charge < -0.3 is 20.4 Å². The second kappa shape index (κ2) is 5.14. The van der Waals surface area contributed by atoms with Gasteiger partial charge in [0, 0.05) is 13.1 Å². The minimum absolute atomic E-state index is 0.0743. The number of hydrogen-bond donors (Lipinski definition) is 3. The molecule has 0 aromatic heterocycles. The van der Waals surface area contributed by atoms with Crippen molar-refractivity contribution in [2.24, 2.45) is 0 Å². The summed E-state index contributed by atoms with van der Waals surface area (Å²) >= 11 is 0. The third-order valence-corrected chi connectivity index (χ3v) is 4.11. The van der Waals surface area contributed by atoms with E-state index in [4.69, 9.17) is 5.11 Å². The summed E-state index contributed by atoms with van der Waals surface area (Å²) in [5, 5.41) is 21.3. The fraction of sp³-hybridized carbons (Fsp3) is 0.833. The molecule has 0 radical (unpaired) electrons. The Balaban J connectivity index is 1.95. The van der Waals surface area contributed by atoms with Crippen LogP contribution in [0.5, 0.6) is 0 Å². The van der Waals surface area contributed by atoms with Gasteiger partial charge in [-0.2, -0.15) is 0 Å². The quantitative estimate of drug-likeness (QED) is 0.688. The number of urea groups is 1. The smallest absolute Gasteiger partial charge is 0.317 e. The minimum atomic E-state index is -0.924. The normalized spacial score (nSPS) is 25.6. The predicted octanol–water partition coefficient (Wildman–Crippen LogP) is 0.550. The van der Waals surface area contributed by atoms with E-state index in [-0.39, 0.29) is 19.0 Å². The summed E-state index contributed by atoms with van der Waals surface area (Å²) in [6, 6.07) is -0.241. The van der Waals surface area contributed by atoms with Gasteiger partial charge in [0.2, 0.25) is 0 Å². The molecule has 18 heavy (non-hydrogen) atoms. The van der Waals surface area contributed by atoms with E-state index in [1.54, 1.807) is 4.90 Å². The van der Waals surface area contributed by atoms with Crippen molar-refractivity contribution in [3.63, 3.8) is 0 Å². The Kier molecular flexibility index (Phi) is 3.75. The number of likely N-dealkylation sites (tertiary alicyclic amines) is 1. The van der Waals surface area contributed by atoms with Gasteiger partial charge in [0.15, 0.2) is 0 Å². The topological polar surface area (TPSA) is 89.9 Å². The van der Waals surface area contributed by atoms with E-state index in [0.717, 1.165) is 25.7 Å². The largest absolute Gasteiger partial charge is 0.481 e. The van der Waals surface area contributed by atoms with Gasteiger partial charge in [0.1, 0.15) is 0 Å². The van der Waals surface area contributed by atoms with Crippen LogP contribution in [-0.4, -0.2) is 51.8 Å². The van der Waals surface area contributed by atoms with Gasteiger partial charge in [-0.25, -0.2) is 4.79 Å². The van der Waals surface area contributed by atoms with Crippen LogP contribution < -0.4 is 5.32 Å². The number of nitrogens with one attached hydrogen (secondary N) is 1. The third kappa shape index (κ3) is 2.29. The van der Waals surface area contributed by atoms with Crippen LogP contribution in [0.3, 0.4) is 0 Å². The Labute approximate surface area is 106 Å². The average molecular weight is 256 g/mol. The lowest BCUT2D eigenvalue weighted by molar-refractivity contribution is -0.136. The van der Waals surface area contributed by atoms with E-state index in [1.165, 1.54) is 0 Å². The molecule has 0 aromatic rings. The summed E-state index contributed by atoms with van der Waals surface area (Å²) in [6.07, 6.45) is 3.87. The van der Waals surface area contributed by atoms with Gasteiger partial charge in [-0.05, 0) is 19.3 Å². The first kappa shape index (κ1) is 13.1. The molecule has 102 valence electrons. The van der Waals surface area contributed by atoms with E-state index >= 15 is 0 Å². The maximum absolute atomic E-state index is 12.0. The Hall–Kier alpha value is -1.30. The fourth-order valence-electron chi connectivity index (χ4n) is 3.19. The van der Waals surface area contributed by atoms with E-state index in [1.807, 2.05) is 0 Å². The SMILES string of the molecule is O=C(O)CCNC(=O)N1CCC(O)C12CCCC2. The number of rotatable bonds is 3. The maximum atomic E-state index is 12.0. The van der Waals surface area contributed by atoms with Gasteiger partial charge in [-0.1, -0.05) is 12.8 Å². The van der Waals surface area contributed by atoms with E-state index in [0.29, 0.717) is 13.0 Å². The van der Waals surface area contributed by atoms with Crippen LogP contribution in [0.4, 0.5) is 4.79 Å². The monoisotopic (exact) mass is 256 g/mol. The summed E-state index contributed by atoms with van der Waals surface area (Å²) in [7, 11) is 0. The molecule has 1 saturated heterocycles. The van der Waals surface area contributed by atoms with Gasteiger partial charge in [-0.15, -0.1) is 0 Å².